The number of nitrogens with zero attached hydrogens (tertiary/aromatic N) is 5. The molecule has 1 N–H and O–H groups in total. The standard InChI is InChI=1S/C23H22N6OS/c1-16-7-5-6-10-18(16)26-23(30)29-13-11-28(12-14-29)22-21-20(24-15-25-22)19(27-31-21)17-8-3-2-4-9-17/h2-10,15H,11-14H2,1H3,(H,26,30). The fourth-order valence-electron chi connectivity index (χ4n) is 3.79. The van der Waals surface area contributed by atoms with Gasteiger partial charge in [-0.15, -0.1) is 0 Å². The second kappa shape index (κ2) is 8.31. The number of benzene rings is 2. The Morgan fingerprint density at radius 3 is 2.48 bits per heavy atom. The first-order chi connectivity index (χ1) is 15.2. The van der Waals surface area contributed by atoms with E-state index in [0.29, 0.717) is 26.2 Å². The summed E-state index contributed by atoms with van der Waals surface area (Å²) in [5, 5.41) is 3.02. The highest BCUT2D eigenvalue weighted by Gasteiger charge is 2.25. The molecule has 0 bridgehead atoms. The van der Waals surface area contributed by atoms with Crippen molar-refractivity contribution >= 4 is 39.3 Å². The maximum atomic E-state index is 12.7. The molecule has 1 fully saturated rings. The Hall–Kier alpha value is -3.52. The van der Waals surface area contributed by atoms with Gasteiger partial charge in [0.1, 0.15) is 22.2 Å². The van der Waals surface area contributed by atoms with E-state index in [1.54, 1.807) is 6.33 Å². The van der Waals surface area contributed by atoms with Crippen LogP contribution in [0.1, 0.15) is 5.56 Å². The summed E-state index contributed by atoms with van der Waals surface area (Å²) in [6, 6.07) is 17.8. The molecule has 8 heteroatoms. The number of para-hydroxylation sites is 1. The number of piperazine rings is 1. The van der Waals surface area contributed by atoms with Crippen LogP contribution in [-0.2, 0) is 0 Å². The maximum Gasteiger partial charge on any atom is 0.321 e. The summed E-state index contributed by atoms with van der Waals surface area (Å²) >= 11 is 1.43. The zero-order valence-corrected chi connectivity index (χ0v) is 18.0. The third-order valence-corrected chi connectivity index (χ3v) is 6.37. The van der Waals surface area contributed by atoms with Crippen LogP contribution in [0, 0.1) is 6.92 Å². The highest BCUT2D eigenvalue weighted by Crippen LogP contribution is 2.34. The van der Waals surface area contributed by atoms with Crippen molar-refractivity contribution in [2.45, 2.75) is 6.92 Å². The number of carbonyl (C=O) groups excluding carboxylic acids is 1. The van der Waals surface area contributed by atoms with Crippen molar-refractivity contribution in [2.75, 3.05) is 36.4 Å². The molecular formula is C23H22N6OS. The molecule has 4 aromatic rings. The van der Waals surface area contributed by atoms with Crippen LogP contribution in [0.15, 0.2) is 60.9 Å². The van der Waals surface area contributed by atoms with Crippen molar-refractivity contribution in [3.8, 4) is 11.3 Å². The van der Waals surface area contributed by atoms with Crippen molar-refractivity contribution in [1.82, 2.24) is 19.2 Å². The Morgan fingerprint density at radius 1 is 0.968 bits per heavy atom. The average Bonchev–Trinajstić information content (AvgIpc) is 3.26. The van der Waals surface area contributed by atoms with Crippen LogP contribution in [0.25, 0.3) is 21.5 Å². The molecule has 0 radical (unpaired) electrons. The van der Waals surface area contributed by atoms with Crippen molar-refractivity contribution in [2.24, 2.45) is 0 Å². The normalized spacial score (nSPS) is 14.1. The molecule has 1 aliphatic heterocycles. The molecule has 7 nitrogen and oxygen atoms in total. The lowest BCUT2D eigenvalue weighted by Gasteiger charge is -2.35. The summed E-state index contributed by atoms with van der Waals surface area (Å²) in [5.41, 5.74) is 4.72. The molecule has 0 aliphatic carbocycles. The Balaban J connectivity index is 1.31. The summed E-state index contributed by atoms with van der Waals surface area (Å²) in [6.07, 6.45) is 1.61. The predicted molar refractivity (Wildman–Crippen MR) is 125 cm³/mol. The first kappa shape index (κ1) is 19.4. The van der Waals surface area contributed by atoms with Crippen molar-refractivity contribution in [3.63, 3.8) is 0 Å². The van der Waals surface area contributed by atoms with Crippen LogP contribution in [0.4, 0.5) is 16.3 Å². The van der Waals surface area contributed by atoms with Crippen molar-refractivity contribution in [1.29, 1.82) is 0 Å². The van der Waals surface area contributed by atoms with E-state index in [-0.39, 0.29) is 6.03 Å². The van der Waals surface area contributed by atoms with Crippen LogP contribution in [0.2, 0.25) is 0 Å². The Kier molecular flexibility index (Phi) is 5.21. The van der Waals surface area contributed by atoms with Crippen molar-refractivity contribution < 1.29 is 4.79 Å². The summed E-state index contributed by atoms with van der Waals surface area (Å²) in [7, 11) is 0. The first-order valence-electron chi connectivity index (χ1n) is 10.2. The zero-order chi connectivity index (χ0) is 21.2. The van der Waals surface area contributed by atoms with Gasteiger partial charge in [-0.05, 0) is 30.1 Å². The SMILES string of the molecule is Cc1ccccc1NC(=O)N1CCN(c2ncnc3c(-c4ccccc4)nsc23)CC1. The van der Waals surface area contributed by atoms with Gasteiger partial charge in [-0.2, -0.15) is 4.37 Å². The molecule has 156 valence electrons. The molecule has 31 heavy (non-hydrogen) atoms. The lowest BCUT2D eigenvalue weighted by molar-refractivity contribution is 0.208. The van der Waals surface area contributed by atoms with Gasteiger partial charge < -0.3 is 15.1 Å². The summed E-state index contributed by atoms with van der Waals surface area (Å²) in [4.78, 5) is 25.8. The third kappa shape index (κ3) is 3.82. The van der Waals surface area contributed by atoms with Crippen LogP contribution < -0.4 is 10.2 Å². The molecule has 2 aromatic carbocycles. The minimum Gasteiger partial charge on any atom is -0.352 e. The smallest absolute Gasteiger partial charge is 0.321 e. The molecule has 0 spiro atoms. The number of urea groups is 1. The van der Waals surface area contributed by atoms with E-state index in [1.807, 2.05) is 66.4 Å². The molecule has 2 amide bonds. The van der Waals surface area contributed by atoms with Gasteiger partial charge in [0, 0.05) is 37.4 Å². The van der Waals surface area contributed by atoms with Crippen LogP contribution in [-0.4, -0.2) is 51.5 Å². The number of carbonyl (C=O) groups is 1. The van der Waals surface area contributed by atoms with E-state index in [1.165, 1.54) is 11.5 Å². The monoisotopic (exact) mass is 430 g/mol. The van der Waals surface area contributed by atoms with Gasteiger partial charge in [-0.25, -0.2) is 14.8 Å². The van der Waals surface area contributed by atoms with E-state index >= 15 is 0 Å². The van der Waals surface area contributed by atoms with Gasteiger partial charge in [0.2, 0.25) is 0 Å². The Morgan fingerprint density at radius 2 is 1.71 bits per heavy atom. The number of nitrogens with one attached hydrogen (secondary N) is 1. The maximum absolute atomic E-state index is 12.7. The summed E-state index contributed by atoms with van der Waals surface area (Å²) in [5.74, 6) is 0.892. The number of amides is 2. The lowest BCUT2D eigenvalue weighted by atomic mass is 10.1. The van der Waals surface area contributed by atoms with E-state index in [0.717, 1.165) is 38.5 Å². The van der Waals surface area contributed by atoms with Crippen LogP contribution in [0.3, 0.4) is 0 Å². The first-order valence-corrected chi connectivity index (χ1v) is 11.0. The molecular weight excluding hydrogens is 408 g/mol. The highest BCUT2D eigenvalue weighted by molar-refractivity contribution is 7.14. The van der Waals surface area contributed by atoms with Crippen LogP contribution in [0.5, 0.6) is 0 Å². The van der Waals surface area contributed by atoms with E-state index < -0.39 is 0 Å². The lowest BCUT2D eigenvalue weighted by Crippen LogP contribution is -2.50. The quantitative estimate of drug-likeness (QED) is 0.521. The number of fused-ring (bicyclic) bond motifs is 1. The van der Waals surface area contributed by atoms with Gasteiger partial charge >= 0.3 is 6.03 Å². The second-order valence-electron chi connectivity index (χ2n) is 7.49. The van der Waals surface area contributed by atoms with Gasteiger partial charge in [0.15, 0.2) is 5.82 Å². The second-order valence-corrected chi connectivity index (χ2v) is 8.26. The molecule has 3 heterocycles. The fourth-order valence-corrected chi connectivity index (χ4v) is 4.66. The summed E-state index contributed by atoms with van der Waals surface area (Å²) in [6.45, 7) is 4.69. The van der Waals surface area contributed by atoms with Gasteiger partial charge in [-0.1, -0.05) is 48.5 Å². The number of anilines is 2. The van der Waals surface area contributed by atoms with Crippen LogP contribution >= 0.6 is 11.5 Å². The Bertz CT molecular complexity index is 1220. The van der Waals surface area contributed by atoms with E-state index in [2.05, 4.69) is 24.6 Å². The fraction of sp³-hybridized carbons (Fsp3) is 0.217. The van der Waals surface area contributed by atoms with E-state index in [9.17, 15) is 4.79 Å². The number of rotatable bonds is 3. The minimum atomic E-state index is -0.0639. The molecule has 0 saturated carbocycles. The van der Waals surface area contributed by atoms with Gasteiger partial charge in [0.25, 0.3) is 0 Å². The largest absolute Gasteiger partial charge is 0.352 e. The number of aromatic nitrogens is 3. The number of hydrogen-bond acceptors (Lipinski definition) is 6. The molecule has 1 saturated heterocycles. The minimum absolute atomic E-state index is 0.0639. The summed E-state index contributed by atoms with van der Waals surface area (Å²) < 4.78 is 5.64. The highest BCUT2D eigenvalue weighted by atomic mass is 32.1. The molecule has 1 aliphatic rings. The number of hydrogen-bond donors (Lipinski definition) is 1. The van der Waals surface area contributed by atoms with E-state index in [4.69, 9.17) is 0 Å². The average molecular weight is 431 g/mol. The topological polar surface area (TPSA) is 74.2 Å². The molecule has 5 rings (SSSR count). The molecule has 2 aromatic heterocycles. The zero-order valence-electron chi connectivity index (χ0n) is 17.2. The predicted octanol–water partition coefficient (Wildman–Crippen LogP) is 4.42. The molecule has 0 unspecified atom stereocenters. The Labute approximate surface area is 184 Å². The third-order valence-electron chi connectivity index (χ3n) is 5.54. The van der Waals surface area contributed by atoms with Gasteiger partial charge in [0.05, 0.1) is 0 Å². The number of aryl methyl sites for hydroxylation is 1. The van der Waals surface area contributed by atoms with Crippen molar-refractivity contribution in [3.05, 3.63) is 66.5 Å². The molecule has 0 atom stereocenters. The van der Waals surface area contributed by atoms with Gasteiger partial charge in [-0.3, -0.25) is 0 Å².